The van der Waals surface area contributed by atoms with Gasteiger partial charge in [-0.15, -0.1) is 0 Å². The first-order valence-corrected chi connectivity index (χ1v) is 11.5. The number of aryl methyl sites for hydroxylation is 1. The zero-order valence-electron chi connectivity index (χ0n) is 19.2. The number of halogens is 2. The van der Waals surface area contributed by atoms with Crippen LogP contribution in [0.25, 0.3) is 10.8 Å². The van der Waals surface area contributed by atoms with E-state index in [0.717, 1.165) is 12.8 Å². The molecule has 3 aliphatic heterocycles. The zero-order valence-corrected chi connectivity index (χ0v) is 19.9. The molecule has 0 saturated carbocycles. The van der Waals surface area contributed by atoms with Crippen molar-refractivity contribution >= 4 is 40.6 Å². The quantitative estimate of drug-likeness (QED) is 0.448. The van der Waals surface area contributed by atoms with Gasteiger partial charge in [0.1, 0.15) is 17.5 Å². The largest absolute Gasteiger partial charge is 0.472 e. The molecule has 5 heterocycles. The van der Waals surface area contributed by atoms with Gasteiger partial charge >= 0.3 is 6.09 Å². The first kappa shape index (κ1) is 22.1. The molecule has 5 rings (SSSR count). The van der Waals surface area contributed by atoms with Crippen molar-refractivity contribution in [1.29, 1.82) is 0 Å². The van der Waals surface area contributed by atoms with Crippen LogP contribution in [0.1, 0.15) is 56.6 Å². The minimum Gasteiger partial charge on any atom is -0.472 e. The topological polar surface area (TPSA) is 84.9 Å². The summed E-state index contributed by atoms with van der Waals surface area (Å²) >= 11 is 6.09. The molecular formula is C23H26ClFN4O4. The van der Waals surface area contributed by atoms with Crippen molar-refractivity contribution < 1.29 is 23.5 Å². The van der Waals surface area contributed by atoms with Crippen molar-refractivity contribution in [2.24, 2.45) is 0 Å². The summed E-state index contributed by atoms with van der Waals surface area (Å²) in [5, 5.41) is 0.0439. The monoisotopic (exact) mass is 476 g/mol. The zero-order chi connectivity index (χ0) is 23.8. The summed E-state index contributed by atoms with van der Waals surface area (Å²) in [4.78, 5) is 37.7. The van der Waals surface area contributed by atoms with Crippen molar-refractivity contribution in [3.8, 4) is 5.88 Å². The Hall–Kier alpha value is -2.68. The number of fused-ring (bicyclic) bond motifs is 5. The molecule has 0 N–H and O–H groups in total. The maximum absolute atomic E-state index is 15.2. The molecule has 0 unspecified atom stereocenters. The lowest BCUT2D eigenvalue weighted by Crippen LogP contribution is -2.65. The summed E-state index contributed by atoms with van der Waals surface area (Å²) in [6, 6.07) is -0.515. The third-order valence-corrected chi connectivity index (χ3v) is 6.95. The molecule has 33 heavy (non-hydrogen) atoms. The van der Waals surface area contributed by atoms with Crippen LogP contribution in [0.5, 0.6) is 5.88 Å². The van der Waals surface area contributed by atoms with E-state index in [1.807, 2.05) is 32.6 Å². The number of nitrogens with zero attached hydrogens (tertiary/aromatic N) is 4. The van der Waals surface area contributed by atoms with Crippen molar-refractivity contribution in [2.45, 2.75) is 77.3 Å². The summed E-state index contributed by atoms with van der Waals surface area (Å²) in [6.07, 6.45) is 1.43. The molecule has 0 spiro atoms. The Balaban J connectivity index is 1.67. The van der Waals surface area contributed by atoms with Gasteiger partial charge in [0.15, 0.2) is 17.3 Å². The van der Waals surface area contributed by atoms with Crippen molar-refractivity contribution in [3.05, 3.63) is 22.2 Å². The maximum atomic E-state index is 15.2. The predicted molar refractivity (Wildman–Crippen MR) is 121 cm³/mol. The second-order valence-electron chi connectivity index (χ2n) is 9.98. The third-order valence-electron chi connectivity index (χ3n) is 6.70. The molecule has 2 bridgehead atoms. The maximum Gasteiger partial charge on any atom is 0.410 e. The van der Waals surface area contributed by atoms with Gasteiger partial charge in [-0.25, -0.2) is 14.2 Å². The molecule has 176 valence electrons. The highest BCUT2D eigenvalue weighted by atomic mass is 35.5. The average molecular weight is 477 g/mol. The number of anilines is 1. The Morgan fingerprint density at radius 1 is 1.27 bits per heavy atom. The van der Waals surface area contributed by atoms with Crippen molar-refractivity contribution in [1.82, 2.24) is 14.9 Å². The van der Waals surface area contributed by atoms with Crippen molar-refractivity contribution in [3.63, 3.8) is 0 Å². The fourth-order valence-electron chi connectivity index (χ4n) is 5.49. The second kappa shape index (κ2) is 7.41. The molecule has 2 fully saturated rings. The number of aromatic nitrogens is 2. The molecule has 0 aromatic carbocycles. The van der Waals surface area contributed by atoms with Gasteiger partial charge in [0, 0.05) is 17.5 Å². The van der Waals surface area contributed by atoms with Gasteiger partial charge < -0.3 is 14.4 Å². The minimum absolute atomic E-state index is 0.0669. The minimum atomic E-state index is -0.769. The summed E-state index contributed by atoms with van der Waals surface area (Å²) in [6.45, 7) is 9.59. The number of piperazine rings is 1. The lowest BCUT2D eigenvalue weighted by atomic mass is 9.97. The number of aldehydes is 1. The van der Waals surface area contributed by atoms with Gasteiger partial charge in [0.05, 0.1) is 29.2 Å². The van der Waals surface area contributed by atoms with Crippen LogP contribution in [-0.2, 0) is 4.74 Å². The van der Waals surface area contributed by atoms with Gasteiger partial charge in [-0.3, -0.25) is 9.69 Å². The molecule has 4 atom stereocenters. The Bertz CT molecular complexity index is 1180. The Labute approximate surface area is 196 Å². The van der Waals surface area contributed by atoms with Crippen LogP contribution in [0, 0.1) is 12.7 Å². The van der Waals surface area contributed by atoms with E-state index in [0.29, 0.717) is 29.7 Å². The predicted octanol–water partition coefficient (Wildman–Crippen LogP) is 4.28. The first-order valence-electron chi connectivity index (χ1n) is 11.1. The van der Waals surface area contributed by atoms with Crippen LogP contribution < -0.4 is 9.64 Å². The Morgan fingerprint density at radius 3 is 2.67 bits per heavy atom. The lowest BCUT2D eigenvalue weighted by molar-refractivity contribution is 0.000947. The number of carbonyl (C=O) groups excluding carboxylic acids is 2. The summed E-state index contributed by atoms with van der Waals surface area (Å²) in [5.74, 6) is -0.126. The fraction of sp³-hybridized carbons (Fsp3) is 0.565. The van der Waals surface area contributed by atoms with E-state index in [4.69, 9.17) is 26.1 Å². The molecule has 10 heteroatoms. The van der Waals surface area contributed by atoms with Crippen LogP contribution in [0.4, 0.5) is 15.0 Å². The highest BCUT2D eigenvalue weighted by Crippen LogP contribution is 2.46. The standard InChI is InChI=1S/C23H26ClFN4O4/c1-10-13(9-30)15-16-20(26-10)28-8-12-6-7-14(29(12)22(31)33-23(3,4)5)18(28)11(2)32-21(16)27-19(24)17(15)25/h9,11-12,14,18H,6-8H2,1-5H3/t11-,12+,14-,18+/m0/s1. The van der Waals surface area contributed by atoms with E-state index >= 15 is 4.39 Å². The van der Waals surface area contributed by atoms with Gasteiger partial charge in [-0.1, -0.05) is 11.6 Å². The van der Waals surface area contributed by atoms with E-state index in [-0.39, 0.29) is 46.2 Å². The average Bonchev–Trinajstić information content (AvgIpc) is 2.97. The molecule has 2 aromatic rings. The summed E-state index contributed by atoms with van der Waals surface area (Å²) < 4.78 is 27.1. The summed E-state index contributed by atoms with van der Waals surface area (Å²) in [5.41, 5.74) is -0.0833. The first-order chi connectivity index (χ1) is 15.5. The van der Waals surface area contributed by atoms with E-state index in [2.05, 4.69) is 9.88 Å². The lowest BCUT2D eigenvalue weighted by Gasteiger charge is -2.48. The van der Waals surface area contributed by atoms with Gasteiger partial charge in [0.25, 0.3) is 0 Å². The van der Waals surface area contributed by atoms with Gasteiger partial charge in [0.2, 0.25) is 5.88 Å². The molecular weight excluding hydrogens is 451 g/mol. The van der Waals surface area contributed by atoms with E-state index in [1.165, 1.54) is 0 Å². The molecule has 1 amide bonds. The Kier molecular flexibility index (Phi) is 4.97. The molecule has 3 aliphatic rings. The molecule has 2 aromatic heterocycles. The number of hydrogen-bond acceptors (Lipinski definition) is 7. The summed E-state index contributed by atoms with van der Waals surface area (Å²) in [7, 11) is 0. The fourth-order valence-corrected chi connectivity index (χ4v) is 5.66. The van der Waals surface area contributed by atoms with Gasteiger partial charge in [-0.05, 0) is 47.5 Å². The number of ether oxygens (including phenoxy) is 2. The van der Waals surface area contributed by atoms with Crippen LogP contribution in [0.15, 0.2) is 0 Å². The van der Waals surface area contributed by atoms with Gasteiger partial charge in [-0.2, -0.15) is 4.98 Å². The number of rotatable bonds is 1. The smallest absolute Gasteiger partial charge is 0.410 e. The molecule has 8 nitrogen and oxygen atoms in total. The Morgan fingerprint density at radius 2 is 2.00 bits per heavy atom. The second-order valence-corrected chi connectivity index (χ2v) is 10.3. The van der Waals surface area contributed by atoms with E-state index < -0.39 is 17.5 Å². The van der Waals surface area contributed by atoms with E-state index in [1.54, 1.807) is 6.92 Å². The van der Waals surface area contributed by atoms with Crippen LogP contribution in [-0.4, -0.2) is 63.6 Å². The third kappa shape index (κ3) is 3.31. The number of pyridine rings is 2. The molecule has 0 aliphatic carbocycles. The number of hydrogen-bond donors (Lipinski definition) is 0. The van der Waals surface area contributed by atoms with Crippen molar-refractivity contribution in [2.75, 3.05) is 11.4 Å². The van der Waals surface area contributed by atoms with Crippen LogP contribution in [0.3, 0.4) is 0 Å². The van der Waals surface area contributed by atoms with E-state index in [9.17, 15) is 9.59 Å². The van der Waals surface area contributed by atoms with Crippen LogP contribution >= 0.6 is 11.6 Å². The molecule has 0 radical (unpaired) electrons. The highest BCUT2D eigenvalue weighted by Gasteiger charge is 2.53. The number of carbonyl (C=O) groups is 2. The SMILES string of the molecule is Cc1nc2c3c(nc(Cl)c(F)c3c1C=O)O[C@@H](C)[C@@H]1[C@@H]3CC[C@H](CN21)N3C(=O)OC(C)(C)C. The molecule has 2 saturated heterocycles. The normalized spacial score (nSPS) is 26.0. The number of amides is 1. The van der Waals surface area contributed by atoms with Crippen LogP contribution in [0.2, 0.25) is 5.15 Å². The highest BCUT2D eigenvalue weighted by molar-refractivity contribution is 6.31.